The molecule has 4 rings (SSSR count). The van der Waals surface area contributed by atoms with Crippen LogP contribution in [0.1, 0.15) is 32.7 Å². The lowest BCUT2D eigenvalue weighted by molar-refractivity contribution is -0.133. The molecule has 0 atom stereocenters. The molecular weight excluding hydrogens is 432 g/mol. The van der Waals surface area contributed by atoms with Crippen molar-refractivity contribution in [3.8, 4) is 11.5 Å². The second kappa shape index (κ2) is 10.1. The molecule has 6 heteroatoms. The fraction of sp³-hybridized carbons (Fsp3) is 0.143. The lowest BCUT2D eigenvalue weighted by Gasteiger charge is -2.32. The van der Waals surface area contributed by atoms with Crippen LogP contribution in [0.4, 0.5) is 0 Å². The first kappa shape index (κ1) is 22.9. The van der Waals surface area contributed by atoms with Crippen molar-refractivity contribution in [2.24, 2.45) is 0 Å². The van der Waals surface area contributed by atoms with Gasteiger partial charge >= 0.3 is 11.9 Å². The number of carbonyl (C=O) groups is 2. The summed E-state index contributed by atoms with van der Waals surface area (Å²) in [5.74, 6) is -2.27. The van der Waals surface area contributed by atoms with E-state index in [0.29, 0.717) is 11.5 Å². The number of esters is 2. The van der Waals surface area contributed by atoms with Gasteiger partial charge in [0.1, 0.15) is 22.6 Å². The number of ether oxygens (including phenoxy) is 4. The molecular formula is C28H24O6. The van der Waals surface area contributed by atoms with Gasteiger partial charge in [0.05, 0.1) is 14.2 Å². The van der Waals surface area contributed by atoms with Crippen LogP contribution < -0.4 is 9.47 Å². The molecule has 0 heterocycles. The van der Waals surface area contributed by atoms with E-state index in [0.717, 1.165) is 11.1 Å². The van der Waals surface area contributed by atoms with Gasteiger partial charge in [0.2, 0.25) is 0 Å². The molecule has 0 bridgehead atoms. The first-order chi connectivity index (χ1) is 16.5. The van der Waals surface area contributed by atoms with E-state index in [4.69, 9.17) is 18.9 Å². The van der Waals surface area contributed by atoms with Crippen LogP contribution in [-0.2, 0) is 9.47 Å². The molecule has 172 valence electrons. The first-order valence-electron chi connectivity index (χ1n) is 10.7. The molecule has 1 aliphatic rings. The van der Waals surface area contributed by atoms with Crippen molar-refractivity contribution in [1.82, 2.24) is 0 Å². The van der Waals surface area contributed by atoms with Gasteiger partial charge in [-0.25, -0.2) is 9.59 Å². The Labute approximate surface area is 198 Å². The number of rotatable bonds is 7. The van der Waals surface area contributed by atoms with Crippen molar-refractivity contribution < 1.29 is 28.5 Å². The van der Waals surface area contributed by atoms with Crippen LogP contribution in [0.3, 0.4) is 0 Å². The molecule has 0 unspecified atom stereocenters. The maximum Gasteiger partial charge on any atom is 0.345 e. The van der Waals surface area contributed by atoms with Gasteiger partial charge in [0, 0.05) is 12.5 Å². The zero-order valence-corrected chi connectivity index (χ0v) is 18.9. The molecule has 34 heavy (non-hydrogen) atoms. The lowest BCUT2D eigenvalue weighted by Crippen LogP contribution is -2.39. The van der Waals surface area contributed by atoms with E-state index in [1.807, 2.05) is 36.4 Å². The van der Waals surface area contributed by atoms with Crippen LogP contribution in [0.25, 0.3) is 5.57 Å². The monoisotopic (exact) mass is 456 g/mol. The first-order valence-corrected chi connectivity index (χ1v) is 10.7. The Morgan fingerprint density at radius 2 is 1.21 bits per heavy atom. The highest BCUT2D eigenvalue weighted by Gasteiger charge is 2.39. The van der Waals surface area contributed by atoms with Crippen molar-refractivity contribution in [2.45, 2.75) is 12.2 Å². The maximum atomic E-state index is 13.1. The van der Waals surface area contributed by atoms with E-state index < -0.39 is 17.7 Å². The molecule has 0 N–H and O–H groups in total. The third kappa shape index (κ3) is 4.86. The minimum atomic E-state index is -1.64. The molecule has 3 aromatic carbocycles. The number of carbonyl (C=O) groups excluding carboxylic acids is 2. The number of methoxy groups -OCH3 is 2. The molecule has 6 nitrogen and oxygen atoms in total. The molecule has 0 amide bonds. The summed E-state index contributed by atoms with van der Waals surface area (Å²) in [6, 6.07) is 23.2. The number of hydrogen-bond donors (Lipinski definition) is 0. The quantitative estimate of drug-likeness (QED) is 0.347. The highest BCUT2D eigenvalue weighted by atomic mass is 16.7. The van der Waals surface area contributed by atoms with E-state index in [1.54, 1.807) is 60.7 Å². The van der Waals surface area contributed by atoms with Crippen LogP contribution in [0.15, 0.2) is 97.1 Å². The van der Waals surface area contributed by atoms with Crippen LogP contribution in [-0.4, -0.2) is 31.9 Å². The Hall–Kier alpha value is -4.32. The Balaban J connectivity index is 1.66. The molecule has 0 fully saturated rings. The average molecular weight is 456 g/mol. The van der Waals surface area contributed by atoms with Crippen molar-refractivity contribution in [3.63, 3.8) is 0 Å². The highest BCUT2D eigenvalue weighted by molar-refractivity contribution is 5.95. The fourth-order valence-corrected chi connectivity index (χ4v) is 3.67. The minimum absolute atomic E-state index is 0.134. The van der Waals surface area contributed by atoms with Crippen LogP contribution in [0.2, 0.25) is 0 Å². The fourth-order valence-electron chi connectivity index (χ4n) is 3.67. The van der Waals surface area contributed by atoms with Crippen LogP contribution in [0, 0.1) is 0 Å². The summed E-state index contributed by atoms with van der Waals surface area (Å²) in [6.07, 6.45) is 5.38. The third-order valence-corrected chi connectivity index (χ3v) is 5.42. The van der Waals surface area contributed by atoms with Crippen molar-refractivity contribution in [3.05, 3.63) is 114 Å². The van der Waals surface area contributed by atoms with Crippen LogP contribution in [0.5, 0.6) is 11.5 Å². The molecule has 0 spiro atoms. The van der Waals surface area contributed by atoms with Gasteiger partial charge < -0.3 is 18.9 Å². The summed E-state index contributed by atoms with van der Waals surface area (Å²) in [6.45, 7) is 0. The number of hydrogen-bond acceptors (Lipinski definition) is 6. The van der Waals surface area contributed by atoms with Gasteiger partial charge in [-0.3, -0.25) is 0 Å². The molecule has 3 aromatic rings. The standard InChI is InChI=1S/C28H24O6/c1-31-24-14-8-6-12-22(24)26(29)33-28(34-27(30)23-13-7-9-15-25(23)32-2)18-16-21(17-19-28)20-10-4-3-5-11-20/h3-18H,19H2,1-2H3. The second-order valence-corrected chi connectivity index (χ2v) is 7.55. The van der Waals surface area contributed by atoms with Gasteiger partial charge in [-0.05, 0) is 35.4 Å². The largest absolute Gasteiger partial charge is 0.496 e. The summed E-state index contributed by atoms with van der Waals surface area (Å²) >= 11 is 0. The summed E-state index contributed by atoms with van der Waals surface area (Å²) in [5, 5.41) is 0. The highest BCUT2D eigenvalue weighted by Crippen LogP contribution is 2.34. The smallest absolute Gasteiger partial charge is 0.345 e. The predicted molar refractivity (Wildman–Crippen MR) is 128 cm³/mol. The summed E-state index contributed by atoms with van der Waals surface area (Å²) in [7, 11) is 2.94. The Morgan fingerprint density at radius 3 is 1.68 bits per heavy atom. The number of benzene rings is 3. The zero-order chi connectivity index (χ0) is 24.0. The Morgan fingerprint density at radius 1 is 0.706 bits per heavy atom. The second-order valence-electron chi connectivity index (χ2n) is 7.55. The van der Waals surface area contributed by atoms with E-state index >= 15 is 0 Å². The SMILES string of the molecule is COc1ccccc1C(=O)OC1(OC(=O)c2ccccc2OC)C=CC(c2ccccc2)=CC1. The molecule has 1 aliphatic carbocycles. The van der Waals surface area contributed by atoms with Gasteiger partial charge in [-0.2, -0.15) is 0 Å². The molecule has 0 aromatic heterocycles. The Bertz CT molecular complexity index is 1180. The molecule has 0 aliphatic heterocycles. The summed E-state index contributed by atoms with van der Waals surface area (Å²) in [4.78, 5) is 26.2. The molecule has 0 radical (unpaired) electrons. The van der Waals surface area contributed by atoms with E-state index in [1.165, 1.54) is 14.2 Å². The number of allylic oxidation sites excluding steroid dienone is 2. The van der Waals surface area contributed by atoms with Gasteiger partial charge in [0.15, 0.2) is 0 Å². The molecule has 0 saturated carbocycles. The van der Waals surface area contributed by atoms with Crippen molar-refractivity contribution in [2.75, 3.05) is 14.2 Å². The van der Waals surface area contributed by atoms with Gasteiger partial charge in [-0.15, -0.1) is 0 Å². The van der Waals surface area contributed by atoms with Crippen molar-refractivity contribution in [1.29, 1.82) is 0 Å². The Kier molecular flexibility index (Phi) is 6.78. The third-order valence-electron chi connectivity index (χ3n) is 5.42. The number of para-hydroxylation sites is 2. The minimum Gasteiger partial charge on any atom is -0.496 e. The molecule has 0 saturated heterocycles. The topological polar surface area (TPSA) is 71.1 Å². The van der Waals surface area contributed by atoms with Crippen LogP contribution >= 0.6 is 0 Å². The predicted octanol–water partition coefficient (Wildman–Crippen LogP) is 5.46. The van der Waals surface area contributed by atoms with E-state index in [-0.39, 0.29) is 17.5 Å². The normalized spacial score (nSPS) is 14.0. The summed E-state index contributed by atoms with van der Waals surface area (Å²) < 4.78 is 22.2. The zero-order valence-electron chi connectivity index (χ0n) is 18.9. The average Bonchev–Trinajstić information content (AvgIpc) is 2.89. The van der Waals surface area contributed by atoms with E-state index in [2.05, 4.69) is 0 Å². The lowest BCUT2D eigenvalue weighted by atomic mass is 9.96. The van der Waals surface area contributed by atoms with Crippen molar-refractivity contribution >= 4 is 17.5 Å². The maximum absolute atomic E-state index is 13.1. The van der Waals surface area contributed by atoms with Gasteiger partial charge in [-0.1, -0.05) is 66.7 Å². The van der Waals surface area contributed by atoms with E-state index in [9.17, 15) is 9.59 Å². The van der Waals surface area contributed by atoms with Gasteiger partial charge in [0.25, 0.3) is 5.79 Å². The summed E-state index contributed by atoms with van der Waals surface area (Å²) in [5.41, 5.74) is 2.38.